The van der Waals surface area contributed by atoms with Crippen LogP contribution in [0.1, 0.15) is 62.5 Å². The van der Waals surface area contributed by atoms with Gasteiger partial charge >= 0.3 is 5.97 Å². The Morgan fingerprint density at radius 1 is 1.00 bits per heavy atom. The first-order valence-corrected chi connectivity index (χ1v) is 14.9. The molecule has 3 aromatic carbocycles. The van der Waals surface area contributed by atoms with Crippen LogP contribution < -0.4 is 14.9 Å². The van der Waals surface area contributed by atoms with Gasteiger partial charge in [0.15, 0.2) is 12.4 Å². The van der Waals surface area contributed by atoms with Crippen molar-refractivity contribution >= 4 is 72.5 Å². The topological polar surface area (TPSA) is 77.0 Å². The molecule has 0 fully saturated rings. The van der Waals surface area contributed by atoms with Crippen LogP contribution in [-0.2, 0) is 10.2 Å². The summed E-state index contributed by atoms with van der Waals surface area (Å²) in [5.41, 5.74) is 4.86. The third-order valence-corrected chi connectivity index (χ3v) is 7.68. The monoisotopic (exact) mass is 768 g/mol. The number of hydrogen-bond donors (Lipinski definition) is 1. The molecule has 0 saturated carbocycles. The van der Waals surface area contributed by atoms with E-state index in [0.717, 1.165) is 14.5 Å². The fourth-order valence-electron chi connectivity index (χ4n) is 4.34. The molecule has 1 N–H and O–H groups in total. The quantitative estimate of drug-likeness (QED) is 0.0782. The fraction of sp³-hybridized carbons (Fsp3) is 0.300. The predicted octanol–water partition coefficient (Wildman–Crippen LogP) is 8.28. The molecule has 0 aromatic heterocycles. The average molecular weight is 770 g/mol. The fourth-order valence-corrected chi connectivity index (χ4v) is 6.29. The van der Waals surface area contributed by atoms with Crippen molar-refractivity contribution < 1.29 is 19.1 Å². The molecule has 0 aliphatic heterocycles. The molecule has 1 amide bonds. The van der Waals surface area contributed by atoms with Crippen molar-refractivity contribution in [2.75, 3.05) is 6.61 Å². The second-order valence-electron chi connectivity index (χ2n) is 10.9. The number of hydrazone groups is 1. The molecular weight excluding hydrogens is 739 g/mol. The Balaban J connectivity index is 1.61. The number of esters is 1. The van der Waals surface area contributed by atoms with E-state index >= 15 is 0 Å². The van der Waals surface area contributed by atoms with Crippen molar-refractivity contribution in [3.05, 3.63) is 89.9 Å². The lowest BCUT2D eigenvalue weighted by Crippen LogP contribution is -2.25. The third-order valence-electron chi connectivity index (χ3n) is 5.70. The first-order valence-electron chi connectivity index (χ1n) is 12.3. The van der Waals surface area contributed by atoms with E-state index in [1.165, 1.54) is 11.8 Å². The van der Waals surface area contributed by atoms with E-state index in [1.54, 1.807) is 24.3 Å². The number of amides is 1. The van der Waals surface area contributed by atoms with Crippen LogP contribution in [-0.4, -0.2) is 24.7 Å². The lowest BCUT2D eigenvalue weighted by molar-refractivity contribution is -0.123. The summed E-state index contributed by atoms with van der Waals surface area (Å²) >= 11 is 8.96. The average Bonchev–Trinajstić information content (AvgIpc) is 2.83. The third kappa shape index (κ3) is 9.42. The van der Waals surface area contributed by atoms with E-state index in [9.17, 15) is 9.59 Å². The van der Waals surface area contributed by atoms with Crippen molar-refractivity contribution in [2.45, 2.75) is 46.5 Å². The van der Waals surface area contributed by atoms with E-state index in [0.29, 0.717) is 21.3 Å². The smallest absolute Gasteiger partial charge is 0.344 e. The van der Waals surface area contributed by atoms with E-state index in [4.69, 9.17) is 9.47 Å². The van der Waals surface area contributed by atoms with Crippen molar-refractivity contribution in [2.24, 2.45) is 10.5 Å². The molecule has 9 heteroatoms. The number of carbonyl (C=O) groups excluding carboxylic acids is 2. The molecule has 3 rings (SSSR count). The summed E-state index contributed by atoms with van der Waals surface area (Å²) in [6, 6.07) is 18.5. The molecule has 0 saturated heterocycles. The molecule has 0 heterocycles. The maximum atomic E-state index is 12.8. The molecule has 0 aliphatic rings. The van der Waals surface area contributed by atoms with E-state index in [1.807, 2.05) is 36.4 Å². The van der Waals surface area contributed by atoms with Gasteiger partial charge in [0.25, 0.3) is 5.91 Å². The van der Waals surface area contributed by atoms with Gasteiger partial charge in [-0.1, -0.05) is 74.8 Å². The van der Waals surface area contributed by atoms with Gasteiger partial charge in [-0.25, -0.2) is 10.2 Å². The summed E-state index contributed by atoms with van der Waals surface area (Å²) in [5, 5.41) is 4.04. The predicted molar refractivity (Wildman–Crippen MR) is 171 cm³/mol. The Labute approximate surface area is 260 Å². The van der Waals surface area contributed by atoms with Crippen LogP contribution >= 0.6 is 54.5 Å². The van der Waals surface area contributed by atoms with Crippen molar-refractivity contribution in [3.8, 4) is 11.5 Å². The summed E-state index contributed by atoms with van der Waals surface area (Å²) in [6.45, 7) is 11.0. The maximum Gasteiger partial charge on any atom is 0.344 e. The maximum absolute atomic E-state index is 12.8. The minimum absolute atomic E-state index is 0.0248. The van der Waals surface area contributed by atoms with E-state index in [2.05, 4.69) is 99.6 Å². The highest BCUT2D eigenvalue weighted by atomic mass is 127. The molecule has 0 unspecified atom stereocenters. The zero-order valence-corrected chi connectivity index (χ0v) is 27.8. The summed E-state index contributed by atoms with van der Waals surface area (Å²) in [5.74, 6) is -0.0329. The van der Waals surface area contributed by atoms with Crippen LogP contribution in [0.15, 0.2) is 74.7 Å². The molecule has 206 valence electrons. The largest absolute Gasteiger partial charge is 0.484 e. The van der Waals surface area contributed by atoms with E-state index < -0.39 is 11.9 Å². The molecule has 6 nitrogen and oxygen atoms in total. The second-order valence-corrected chi connectivity index (χ2v) is 13.8. The highest BCUT2D eigenvalue weighted by Crippen LogP contribution is 2.37. The molecule has 3 aromatic rings. The normalized spacial score (nSPS) is 11.9. The van der Waals surface area contributed by atoms with Gasteiger partial charge in [0, 0.05) is 13.6 Å². The van der Waals surface area contributed by atoms with E-state index in [-0.39, 0.29) is 23.2 Å². The Kier molecular flexibility index (Phi) is 10.8. The highest BCUT2D eigenvalue weighted by molar-refractivity contribution is 14.1. The number of nitrogens with one attached hydrogen (secondary N) is 1. The molecular formula is C30H31Br2IN2O4. The van der Waals surface area contributed by atoms with Gasteiger partial charge in [-0.3, -0.25) is 4.79 Å². The van der Waals surface area contributed by atoms with Gasteiger partial charge in [-0.05, 0) is 97.7 Å². The van der Waals surface area contributed by atoms with Gasteiger partial charge in [0.05, 0.1) is 16.3 Å². The summed E-state index contributed by atoms with van der Waals surface area (Å²) in [7, 11) is 0. The number of ether oxygens (including phenoxy) is 2. The zero-order chi connectivity index (χ0) is 28.8. The van der Waals surface area contributed by atoms with Gasteiger partial charge in [-0.15, -0.1) is 0 Å². The first-order chi connectivity index (χ1) is 18.2. The number of rotatable bonds is 9. The first kappa shape index (κ1) is 31.3. The Hall–Kier alpha value is -2.24. The lowest BCUT2D eigenvalue weighted by Gasteiger charge is -2.33. The van der Waals surface area contributed by atoms with Crippen LogP contribution in [0.5, 0.6) is 11.5 Å². The number of nitrogens with zero attached hydrogens (tertiary/aromatic N) is 1. The van der Waals surface area contributed by atoms with Crippen molar-refractivity contribution in [3.63, 3.8) is 0 Å². The number of halogens is 3. The number of benzene rings is 3. The molecule has 0 atom stereocenters. The summed E-state index contributed by atoms with van der Waals surface area (Å²) < 4.78 is 13.4. The number of carbonyl (C=O) groups is 2. The van der Waals surface area contributed by atoms with Crippen LogP contribution in [0.3, 0.4) is 0 Å². The SMILES string of the molecule is CC(C)(C)CC(C)(C)c1ccc(OCC(=O)N/N=C\c2cc(Br)cc(Br)c2OC(=O)c2ccccc2I)cc1. The standard InChI is InChI=1S/C30H31Br2IN2O4/c1-29(2,3)18-30(4,5)20-10-12-22(13-11-20)38-17-26(36)35-34-16-19-14-21(31)15-24(32)27(19)39-28(37)23-8-6-7-9-25(23)33/h6-16H,17-18H2,1-5H3,(H,35,36)/b34-16-. The minimum Gasteiger partial charge on any atom is -0.484 e. The second kappa shape index (κ2) is 13.4. The minimum atomic E-state index is -0.497. The van der Waals surface area contributed by atoms with Gasteiger partial charge in [0.1, 0.15) is 5.75 Å². The van der Waals surface area contributed by atoms with Gasteiger partial charge in [0.2, 0.25) is 0 Å². The molecule has 0 aliphatic carbocycles. The lowest BCUT2D eigenvalue weighted by atomic mass is 9.72. The van der Waals surface area contributed by atoms with Gasteiger partial charge < -0.3 is 9.47 Å². The summed E-state index contributed by atoms with van der Waals surface area (Å²) in [6.07, 6.45) is 2.46. The molecule has 0 spiro atoms. The van der Waals surface area contributed by atoms with Crippen molar-refractivity contribution in [1.82, 2.24) is 5.43 Å². The molecule has 0 bridgehead atoms. The van der Waals surface area contributed by atoms with Gasteiger partial charge in [-0.2, -0.15) is 5.10 Å². The zero-order valence-electron chi connectivity index (χ0n) is 22.5. The van der Waals surface area contributed by atoms with Crippen LogP contribution in [0.2, 0.25) is 0 Å². The Morgan fingerprint density at radius 3 is 2.31 bits per heavy atom. The Bertz CT molecular complexity index is 1370. The van der Waals surface area contributed by atoms with Crippen LogP contribution in [0, 0.1) is 8.99 Å². The van der Waals surface area contributed by atoms with Crippen LogP contribution in [0.4, 0.5) is 0 Å². The highest BCUT2D eigenvalue weighted by Gasteiger charge is 2.27. The molecule has 0 radical (unpaired) electrons. The Morgan fingerprint density at radius 2 is 1.67 bits per heavy atom. The van der Waals surface area contributed by atoms with Crippen LogP contribution in [0.25, 0.3) is 0 Å². The molecule has 39 heavy (non-hydrogen) atoms. The number of hydrogen-bond acceptors (Lipinski definition) is 5. The van der Waals surface area contributed by atoms with Crippen molar-refractivity contribution in [1.29, 1.82) is 0 Å². The summed E-state index contributed by atoms with van der Waals surface area (Å²) in [4.78, 5) is 25.1.